The number of nitrogens with two attached hydrogens (primary N) is 1. The topological polar surface area (TPSA) is 44.5 Å². The summed E-state index contributed by atoms with van der Waals surface area (Å²) in [6.07, 6.45) is 1.99. The van der Waals surface area contributed by atoms with Gasteiger partial charge in [-0.05, 0) is 30.5 Å². The van der Waals surface area contributed by atoms with Crippen molar-refractivity contribution < 1.29 is 9.47 Å². The van der Waals surface area contributed by atoms with Crippen molar-refractivity contribution in [2.45, 2.75) is 32.7 Å². The lowest BCUT2D eigenvalue weighted by molar-refractivity contribution is 0.101. The van der Waals surface area contributed by atoms with Crippen LogP contribution in [0.3, 0.4) is 0 Å². The molecule has 0 bridgehead atoms. The van der Waals surface area contributed by atoms with E-state index in [2.05, 4.69) is 13.8 Å². The second-order valence-corrected chi connectivity index (χ2v) is 4.04. The first-order valence-corrected chi connectivity index (χ1v) is 6.34. The molecule has 2 N–H and O–H groups in total. The molecule has 0 heterocycles. The number of hydrogen-bond acceptors (Lipinski definition) is 3. The minimum absolute atomic E-state index is 0.122. The monoisotopic (exact) mass is 237 g/mol. The Balaban J connectivity index is 2.30. The molecule has 1 aromatic rings. The Morgan fingerprint density at radius 1 is 1.06 bits per heavy atom. The Kier molecular flexibility index (Phi) is 6.67. The maximum Gasteiger partial charge on any atom is 0.119 e. The third-order valence-electron chi connectivity index (χ3n) is 2.59. The molecule has 0 spiro atoms. The largest absolute Gasteiger partial charge is 0.491 e. The zero-order valence-electron chi connectivity index (χ0n) is 10.8. The lowest BCUT2D eigenvalue weighted by Gasteiger charge is -2.11. The van der Waals surface area contributed by atoms with Gasteiger partial charge in [0.05, 0.1) is 6.61 Å². The molecule has 0 saturated heterocycles. The van der Waals surface area contributed by atoms with E-state index in [4.69, 9.17) is 15.2 Å². The highest BCUT2D eigenvalue weighted by Crippen LogP contribution is 2.18. The lowest BCUT2D eigenvalue weighted by Crippen LogP contribution is -2.09. The quantitative estimate of drug-likeness (QED) is 0.707. The highest BCUT2D eigenvalue weighted by atomic mass is 16.5. The predicted molar refractivity (Wildman–Crippen MR) is 70.3 cm³/mol. The fourth-order valence-corrected chi connectivity index (χ4v) is 1.51. The first kappa shape index (κ1) is 14.0. The van der Waals surface area contributed by atoms with Crippen LogP contribution >= 0.6 is 0 Å². The Bertz CT molecular complexity index is 298. The fourth-order valence-electron chi connectivity index (χ4n) is 1.51. The van der Waals surface area contributed by atoms with E-state index >= 15 is 0 Å². The van der Waals surface area contributed by atoms with Crippen LogP contribution in [-0.2, 0) is 4.74 Å². The van der Waals surface area contributed by atoms with Crippen LogP contribution in [0, 0.1) is 0 Å². The molecule has 0 aliphatic rings. The van der Waals surface area contributed by atoms with Crippen LogP contribution in [0.1, 0.15) is 38.3 Å². The summed E-state index contributed by atoms with van der Waals surface area (Å²) in [5, 5.41) is 0. The summed E-state index contributed by atoms with van der Waals surface area (Å²) in [6, 6.07) is 8.10. The van der Waals surface area contributed by atoms with E-state index in [1.54, 1.807) is 0 Å². The molecule has 1 aromatic carbocycles. The minimum atomic E-state index is 0.122. The number of ether oxygens (including phenoxy) is 2. The van der Waals surface area contributed by atoms with Crippen LogP contribution in [0.15, 0.2) is 24.3 Å². The van der Waals surface area contributed by atoms with Crippen molar-refractivity contribution in [3.8, 4) is 5.75 Å². The third-order valence-corrected chi connectivity index (χ3v) is 2.59. The van der Waals surface area contributed by atoms with Gasteiger partial charge in [0.25, 0.3) is 0 Å². The van der Waals surface area contributed by atoms with Gasteiger partial charge in [0.15, 0.2) is 0 Å². The van der Waals surface area contributed by atoms with E-state index in [0.29, 0.717) is 13.2 Å². The zero-order chi connectivity index (χ0) is 12.5. The maximum absolute atomic E-state index is 5.94. The Labute approximate surface area is 104 Å². The molecular formula is C14H23NO2. The standard InChI is InChI=1S/C14H23NO2/c1-3-9-16-10-11-17-13-7-5-12(6-8-13)14(15)4-2/h5-8,14H,3-4,9-11,15H2,1-2H3/t14-/m0/s1. The van der Waals surface area contributed by atoms with Gasteiger partial charge in [-0.25, -0.2) is 0 Å². The van der Waals surface area contributed by atoms with Gasteiger partial charge in [-0.15, -0.1) is 0 Å². The van der Waals surface area contributed by atoms with Crippen molar-refractivity contribution in [3.05, 3.63) is 29.8 Å². The van der Waals surface area contributed by atoms with Crippen molar-refractivity contribution in [2.75, 3.05) is 19.8 Å². The molecule has 0 fully saturated rings. The Morgan fingerprint density at radius 2 is 1.76 bits per heavy atom. The molecule has 0 unspecified atom stereocenters. The molecule has 0 amide bonds. The van der Waals surface area contributed by atoms with Crippen LogP contribution in [-0.4, -0.2) is 19.8 Å². The van der Waals surface area contributed by atoms with E-state index in [0.717, 1.165) is 30.8 Å². The Morgan fingerprint density at radius 3 is 2.35 bits per heavy atom. The minimum Gasteiger partial charge on any atom is -0.491 e. The molecule has 0 aliphatic carbocycles. The molecular weight excluding hydrogens is 214 g/mol. The molecule has 96 valence electrons. The summed E-state index contributed by atoms with van der Waals surface area (Å²) in [4.78, 5) is 0. The first-order valence-electron chi connectivity index (χ1n) is 6.34. The van der Waals surface area contributed by atoms with Gasteiger partial charge >= 0.3 is 0 Å². The number of rotatable bonds is 8. The highest BCUT2D eigenvalue weighted by molar-refractivity contribution is 5.28. The summed E-state index contributed by atoms with van der Waals surface area (Å²) < 4.78 is 10.9. The van der Waals surface area contributed by atoms with Crippen molar-refractivity contribution in [1.82, 2.24) is 0 Å². The second-order valence-electron chi connectivity index (χ2n) is 4.04. The van der Waals surface area contributed by atoms with E-state index in [-0.39, 0.29) is 6.04 Å². The third kappa shape index (κ3) is 5.20. The van der Waals surface area contributed by atoms with Gasteiger partial charge < -0.3 is 15.2 Å². The average Bonchev–Trinajstić information content (AvgIpc) is 2.38. The predicted octanol–water partition coefficient (Wildman–Crippen LogP) is 2.90. The molecule has 0 aromatic heterocycles. The normalized spacial score (nSPS) is 12.4. The van der Waals surface area contributed by atoms with E-state index < -0.39 is 0 Å². The van der Waals surface area contributed by atoms with Gasteiger partial charge in [0, 0.05) is 12.6 Å². The van der Waals surface area contributed by atoms with Crippen LogP contribution in [0.5, 0.6) is 5.75 Å². The Hall–Kier alpha value is -1.06. The van der Waals surface area contributed by atoms with Crippen LogP contribution in [0.2, 0.25) is 0 Å². The van der Waals surface area contributed by atoms with Crippen LogP contribution in [0.4, 0.5) is 0 Å². The first-order chi connectivity index (χ1) is 8.27. The molecule has 3 heteroatoms. The summed E-state index contributed by atoms with van der Waals surface area (Å²) in [6.45, 7) is 6.22. The second kappa shape index (κ2) is 8.09. The van der Waals surface area contributed by atoms with Gasteiger partial charge in [-0.2, -0.15) is 0 Å². The van der Waals surface area contributed by atoms with Crippen LogP contribution in [0.25, 0.3) is 0 Å². The summed E-state index contributed by atoms with van der Waals surface area (Å²) in [7, 11) is 0. The summed E-state index contributed by atoms with van der Waals surface area (Å²) >= 11 is 0. The summed E-state index contributed by atoms with van der Waals surface area (Å²) in [5.41, 5.74) is 7.09. The molecule has 3 nitrogen and oxygen atoms in total. The van der Waals surface area contributed by atoms with Crippen molar-refractivity contribution in [1.29, 1.82) is 0 Å². The molecule has 0 radical (unpaired) electrons. The number of hydrogen-bond donors (Lipinski definition) is 1. The molecule has 0 aliphatic heterocycles. The highest BCUT2D eigenvalue weighted by Gasteiger charge is 2.02. The fraction of sp³-hybridized carbons (Fsp3) is 0.571. The van der Waals surface area contributed by atoms with E-state index in [1.165, 1.54) is 0 Å². The van der Waals surface area contributed by atoms with Crippen LogP contribution < -0.4 is 10.5 Å². The maximum atomic E-state index is 5.94. The molecule has 0 saturated carbocycles. The smallest absolute Gasteiger partial charge is 0.119 e. The number of benzene rings is 1. The van der Waals surface area contributed by atoms with E-state index in [1.807, 2.05) is 24.3 Å². The molecule has 1 rings (SSSR count). The van der Waals surface area contributed by atoms with Gasteiger partial charge in [0.1, 0.15) is 12.4 Å². The molecule has 1 atom stereocenters. The molecule has 17 heavy (non-hydrogen) atoms. The van der Waals surface area contributed by atoms with Crippen molar-refractivity contribution in [2.24, 2.45) is 5.73 Å². The zero-order valence-corrected chi connectivity index (χ0v) is 10.8. The average molecular weight is 237 g/mol. The lowest BCUT2D eigenvalue weighted by atomic mass is 10.1. The van der Waals surface area contributed by atoms with Gasteiger partial charge in [0.2, 0.25) is 0 Å². The van der Waals surface area contributed by atoms with E-state index in [9.17, 15) is 0 Å². The van der Waals surface area contributed by atoms with Crippen molar-refractivity contribution >= 4 is 0 Å². The van der Waals surface area contributed by atoms with Gasteiger partial charge in [-0.1, -0.05) is 26.0 Å². The summed E-state index contributed by atoms with van der Waals surface area (Å²) in [5.74, 6) is 0.872. The SMILES string of the molecule is CCCOCCOc1ccc([C@@H](N)CC)cc1. The van der Waals surface area contributed by atoms with Gasteiger partial charge in [-0.3, -0.25) is 0 Å². The van der Waals surface area contributed by atoms with Crippen molar-refractivity contribution in [3.63, 3.8) is 0 Å².